The van der Waals surface area contributed by atoms with E-state index >= 15 is 0 Å². The quantitative estimate of drug-likeness (QED) is 0.182. The molecule has 7 aromatic rings. The fourth-order valence-corrected chi connectivity index (χ4v) is 6.07. The number of hydrogen-bond donors (Lipinski definition) is 2. The molecule has 1 aliphatic carbocycles. The van der Waals surface area contributed by atoms with E-state index in [9.17, 15) is 9.59 Å². The highest BCUT2D eigenvalue weighted by Gasteiger charge is 2.20. The van der Waals surface area contributed by atoms with Gasteiger partial charge < -0.3 is 28.9 Å². The van der Waals surface area contributed by atoms with Crippen molar-refractivity contribution >= 4 is 61.5 Å². The van der Waals surface area contributed by atoms with Gasteiger partial charge in [0.15, 0.2) is 11.5 Å². The first-order valence-corrected chi connectivity index (χ1v) is 16.3. The Balaban J connectivity index is 0.000000154. The van der Waals surface area contributed by atoms with Gasteiger partial charge >= 0.3 is 0 Å². The lowest BCUT2D eigenvalue weighted by Gasteiger charge is -2.22. The number of amides is 2. The fraction of sp³-hybridized carbons (Fsp3) is 0.231. The van der Waals surface area contributed by atoms with E-state index in [1.54, 1.807) is 50.6 Å². The Morgan fingerprint density at radius 3 is 1.98 bits per heavy atom. The SMILES string of the molecule is COc1ccc(NC(=O)c2cc3cc4ccc(C)cc4nc3o2)cc1.COc1ccc2nc3oc(C(=O)NC4CCCCC4)cc3cc2c1. The summed E-state index contributed by atoms with van der Waals surface area (Å²) in [4.78, 5) is 33.9. The zero-order valence-corrected chi connectivity index (χ0v) is 27.5. The molecule has 1 aliphatic rings. The summed E-state index contributed by atoms with van der Waals surface area (Å²) in [6, 6.07) is 26.5. The summed E-state index contributed by atoms with van der Waals surface area (Å²) in [7, 11) is 3.24. The molecule has 2 N–H and O–H groups in total. The van der Waals surface area contributed by atoms with Gasteiger partial charge in [0.1, 0.15) is 11.5 Å². The molecular weight excluding hydrogens is 620 g/mol. The summed E-state index contributed by atoms with van der Waals surface area (Å²) in [5, 5.41) is 9.48. The third-order valence-electron chi connectivity index (χ3n) is 8.70. The summed E-state index contributed by atoms with van der Waals surface area (Å²) >= 11 is 0. The van der Waals surface area contributed by atoms with Crippen molar-refractivity contribution in [3.05, 3.63) is 102 Å². The number of aryl methyl sites for hydroxylation is 1. The molecule has 0 bridgehead atoms. The van der Waals surface area contributed by atoms with Crippen molar-refractivity contribution in [2.24, 2.45) is 0 Å². The molecule has 0 radical (unpaired) electrons. The van der Waals surface area contributed by atoms with Crippen molar-refractivity contribution in [2.75, 3.05) is 19.5 Å². The molecule has 4 heterocycles. The van der Waals surface area contributed by atoms with Crippen LogP contribution in [0.3, 0.4) is 0 Å². The van der Waals surface area contributed by atoms with Crippen LogP contribution in [0.25, 0.3) is 44.0 Å². The number of hydrogen-bond acceptors (Lipinski definition) is 8. The van der Waals surface area contributed by atoms with Crippen molar-refractivity contribution in [3.63, 3.8) is 0 Å². The molecule has 49 heavy (non-hydrogen) atoms. The topological polar surface area (TPSA) is 129 Å². The van der Waals surface area contributed by atoms with Gasteiger partial charge in [-0.15, -0.1) is 0 Å². The number of nitrogens with zero attached hydrogens (tertiary/aromatic N) is 2. The molecule has 1 fully saturated rings. The molecule has 0 atom stereocenters. The molecule has 10 nitrogen and oxygen atoms in total. The number of carbonyl (C=O) groups is 2. The van der Waals surface area contributed by atoms with Crippen molar-refractivity contribution < 1.29 is 27.9 Å². The minimum absolute atomic E-state index is 0.151. The summed E-state index contributed by atoms with van der Waals surface area (Å²) < 4.78 is 21.7. The molecular formula is C39H36N4O6. The lowest BCUT2D eigenvalue weighted by molar-refractivity contribution is 0.0901. The predicted octanol–water partition coefficient (Wildman–Crippen LogP) is 8.60. The normalized spacial score (nSPS) is 13.3. The molecule has 4 aromatic heterocycles. The number of aromatic nitrogens is 2. The molecule has 0 saturated heterocycles. The molecule has 3 aromatic carbocycles. The minimum atomic E-state index is -0.316. The van der Waals surface area contributed by atoms with Crippen LogP contribution >= 0.6 is 0 Å². The first-order valence-electron chi connectivity index (χ1n) is 16.3. The van der Waals surface area contributed by atoms with Crippen molar-refractivity contribution in [3.8, 4) is 11.5 Å². The number of anilines is 1. The van der Waals surface area contributed by atoms with Crippen LogP contribution in [-0.2, 0) is 0 Å². The van der Waals surface area contributed by atoms with E-state index in [2.05, 4.69) is 20.6 Å². The van der Waals surface area contributed by atoms with Crippen LogP contribution in [0.5, 0.6) is 11.5 Å². The second kappa shape index (κ2) is 13.7. The third kappa shape index (κ3) is 7.03. The maximum absolute atomic E-state index is 12.4. The molecule has 2 amide bonds. The number of nitrogens with one attached hydrogen (secondary N) is 2. The molecule has 1 saturated carbocycles. The molecule has 10 heteroatoms. The average Bonchev–Trinajstić information content (AvgIpc) is 3.74. The minimum Gasteiger partial charge on any atom is -0.497 e. The van der Waals surface area contributed by atoms with Gasteiger partial charge in [-0.3, -0.25) is 9.59 Å². The fourth-order valence-electron chi connectivity index (χ4n) is 6.07. The van der Waals surface area contributed by atoms with Crippen molar-refractivity contribution in [1.29, 1.82) is 0 Å². The summed E-state index contributed by atoms with van der Waals surface area (Å²) in [5.41, 5.74) is 4.41. The van der Waals surface area contributed by atoms with Gasteiger partial charge in [-0.1, -0.05) is 31.4 Å². The Hall–Kier alpha value is -5.90. The summed E-state index contributed by atoms with van der Waals surface area (Å²) in [6.07, 6.45) is 5.72. The van der Waals surface area contributed by atoms with Gasteiger partial charge in [0.2, 0.25) is 11.4 Å². The van der Waals surface area contributed by atoms with E-state index in [-0.39, 0.29) is 23.6 Å². The lowest BCUT2D eigenvalue weighted by atomic mass is 9.95. The summed E-state index contributed by atoms with van der Waals surface area (Å²) in [6.45, 7) is 2.02. The van der Waals surface area contributed by atoms with E-state index in [0.29, 0.717) is 22.9 Å². The smallest absolute Gasteiger partial charge is 0.291 e. The van der Waals surface area contributed by atoms with E-state index in [4.69, 9.17) is 18.3 Å². The molecule has 0 aliphatic heterocycles. The Morgan fingerprint density at radius 1 is 0.653 bits per heavy atom. The van der Waals surface area contributed by atoms with Gasteiger partial charge in [-0.05, 0) is 98.1 Å². The van der Waals surface area contributed by atoms with Gasteiger partial charge in [0, 0.05) is 33.3 Å². The Kier molecular flexibility index (Phi) is 8.85. The lowest BCUT2D eigenvalue weighted by Crippen LogP contribution is -2.35. The van der Waals surface area contributed by atoms with Crippen LogP contribution < -0.4 is 20.1 Å². The van der Waals surface area contributed by atoms with Crippen LogP contribution in [-0.4, -0.2) is 42.0 Å². The maximum atomic E-state index is 12.4. The predicted molar refractivity (Wildman–Crippen MR) is 190 cm³/mol. The van der Waals surface area contributed by atoms with Crippen molar-refractivity contribution in [2.45, 2.75) is 45.1 Å². The highest BCUT2D eigenvalue weighted by molar-refractivity contribution is 6.05. The van der Waals surface area contributed by atoms with E-state index < -0.39 is 0 Å². The zero-order valence-electron chi connectivity index (χ0n) is 27.5. The van der Waals surface area contributed by atoms with Gasteiger partial charge in [0.05, 0.1) is 25.3 Å². The van der Waals surface area contributed by atoms with Crippen LogP contribution in [0.2, 0.25) is 0 Å². The number of pyridine rings is 2. The highest BCUT2D eigenvalue weighted by atomic mass is 16.5. The Bertz CT molecular complexity index is 2300. The zero-order chi connectivity index (χ0) is 33.9. The average molecular weight is 657 g/mol. The van der Waals surface area contributed by atoms with E-state index in [0.717, 1.165) is 62.5 Å². The second-order valence-electron chi connectivity index (χ2n) is 12.2. The number of ether oxygens (including phenoxy) is 2. The van der Waals surface area contributed by atoms with Crippen LogP contribution in [0.15, 0.2) is 93.8 Å². The Morgan fingerprint density at radius 2 is 1.29 bits per heavy atom. The number of fused-ring (bicyclic) bond motifs is 4. The standard InChI is InChI=1S/C20H16N2O3.C19H20N2O3/c1-12-3-4-13-10-14-11-18(25-20(14)22-17(13)9-12)19(23)21-15-5-7-16(24-2)8-6-15;1-23-15-7-8-16-12(10-15)9-13-11-17(24-19(13)21-16)18(22)20-14-5-3-2-4-6-14/h3-11H,1-2H3,(H,21,23);7-11,14H,2-6H2,1H3,(H,20,22). The van der Waals surface area contributed by atoms with Crippen molar-refractivity contribution in [1.82, 2.24) is 15.3 Å². The maximum Gasteiger partial charge on any atom is 0.291 e. The molecule has 0 unspecified atom stereocenters. The number of methoxy groups -OCH3 is 2. The molecule has 0 spiro atoms. The van der Waals surface area contributed by atoms with E-state index in [1.807, 2.05) is 55.5 Å². The number of benzene rings is 3. The van der Waals surface area contributed by atoms with Crippen LogP contribution in [0.1, 0.15) is 58.8 Å². The second-order valence-corrected chi connectivity index (χ2v) is 12.2. The monoisotopic (exact) mass is 656 g/mol. The van der Waals surface area contributed by atoms with E-state index in [1.165, 1.54) is 19.3 Å². The summed E-state index contributed by atoms with van der Waals surface area (Å²) in [5.74, 6) is 1.59. The number of rotatable bonds is 6. The van der Waals surface area contributed by atoms with Crippen LogP contribution in [0, 0.1) is 6.92 Å². The highest BCUT2D eigenvalue weighted by Crippen LogP contribution is 2.27. The molecule has 248 valence electrons. The molecule has 8 rings (SSSR count). The van der Waals surface area contributed by atoms with Crippen LogP contribution in [0.4, 0.5) is 5.69 Å². The largest absolute Gasteiger partial charge is 0.497 e. The first kappa shape index (κ1) is 31.7. The first-order chi connectivity index (χ1) is 23.8. The van der Waals surface area contributed by atoms with Gasteiger partial charge in [-0.25, -0.2) is 9.97 Å². The number of furan rings is 2. The third-order valence-corrected chi connectivity index (χ3v) is 8.70. The Labute approximate surface area is 282 Å². The number of carbonyl (C=O) groups excluding carboxylic acids is 2. The van der Waals surface area contributed by atoms with Gasteiger partial charge in [-0.2, -0.15) is 0 Å². The van der Waals surface area contributed by atoms with Gasteiger partial charge in [0.25, 0.3) is 11.8 Å².